The molecular weight excluding hydrogens is 400 g/mol. The van der Waals surface area contributed by atoms with Crippen molar-refractivity contribution in [3.05, 3.63) is 22.7 Å². The second-order valence-electron chi connectivity index (χ2n) is 5.28. The normalized spacial score (nSPS) is 16.8. The van der Waals surface area contributed by atoms with Crippen LogP contribution in [0.15, 0.2) is 27.6 Å². The Hall–Kier alpha value is -1.16. The van der Waals surface area contributed by atoms with Crippen LogP contribution >= 0.6 is 15.9 Å². The van der Waals surface area contributed by atoms with Gasteiger partial charge in [-0.15, -0.1) is 0 Å². The Morgan fingerprint density at radius 3 is 2.50 bits per heavy atom. The molecule has 0 aliphatic carbocycles. The van der Waals surface area contributed by atoms with Crippen LogP contribution in [0, 0.1) is 0 Å². The molecule has 0 spiro atoms. The summed E-state index contributed by atoms with van der Waals surface area (Å²) in [5, 5.41) is 0. The lowest BCUT2D eigenvalue weighted by Crippen LogP contribution is -2.50. The standard InChI is InChI=1S/C15H21BrN2O5S/c1-3-23-15(19)11-17-6-8-18(9-7-17)24(20,21)14-10-12(16)4-5-13(14)22-2/h4-5,10H,3,6-9,11H2,1-2H3. The van der Waals surface area contributed by atoms with E-state index in [-0.39, 0.29) is 17.4 Å². The summed E-state index contributed by atoms with van der Waals surface area (Å²) in [6.07, 6.45) is 0. The number of methoxy groups -OCH3 is 1. The smallest absolute Gasteiger partial charge is 0.320 e. The van der Waals surface area contributed by atoms with Crippen LogP contribution in [0.5, 0.6) is 5.75 Å². The van der Waals surface area contributed by atoms with Gasteiger partial charge in [0.1, 0.15) is 10.6 Å². The molecular formula is C15H21BrN2O5S. The Morgan fingerprint density at radius 1 is 1.25 bits per heavy atom. The molecule has 1 saturated heterocycles. The highest BCUT2D eigenvalue weighted by atomic mass is 79.9. The van der Waals surface area contributed by atoms with E-state index in [2.05, 4.69) is 15.9 Å². The molecule has 1 aliphatic rings. The van der Waals surface area contributed by atoms with Crippen molar-refractivity contribution < 1.29 is 22.7 Å². The molecule has 0 atom stereocenters. The van der Waals surface area contributed by atoms with Crippen molar-refractivity contribution in [3.63, 3.8) is 0 Å². The van der Waals surface area contributed by atoms with Gasteiger partial charge in [-0.05, 0) is 25.1 Å². The summed E-state index contributed by atoms with van der Waals surface area (Å²) in [5.74, 6) is 0.0228. The van der Waals surface area contributed by atoms with Crippen LogP contribution in [0.1, 0.15) is 6.92 Å². The van der Waals surface area contributed by atoms with E-state index in [1.807, 2.05) is 4.90 Å². The summed E-state index contributed by atoms with van der Waals surface area (Å²) in [4.78, 5) is 13.5. The predicted octanol–water partition coefficient (Wildman–Crippen LogP) is 1.33. The molecule has 0 bridgehead atoms. The molecule has 1 fully saturated rings. The van der Waals surface area contributed by atoms with Crippen LogP contribution in [0.25, 0.3) is 0 Å². The number of sulfonamides is 1. The summed E-state index contributed by atoms with van der Waals surface area (Å²) >= 11 is 3.30. The molecule has 2 rings (SSSR count). The van der Waals surface area contributed by atoms with E-state index in [4.69, 9.17) is 9.47 Å². The van der Waals surface area contributed by atoms with Crippen molar-refractivity contribution >= 4 is 31.9 Å². The van der Waals surface area contributed by atoms with E-state index in [9.17, 15) is 13.2 Å². The minimum absolute atomic E-state index is 0.137. The van der Waals surface area contributed by atoms with Gasteiger partial charge in [0.05, 0.1) is 20.3 Å². The first-order valence-electron chi connectivity index (χ1n) is 7.60. The SMILES string of the molecule is CCOC(=O)CN1CCN(S(=O)(=O)c2cc(Br)ccc2OC)CC1. The van der Waals surface area contributed by atoms with E-state index in [0.29, 0.717) is 43.0 Å². The van der Waals surface area contributed by atoms with Crippen molar-refractivity contribution in [1.82, 2.24) is 9.21 Å². The molecule has 0 unspecified atom stereocenters. The van der Waals surface area contributed by atoms with Gasteiger partial charge in [-0.1, -0.05) is 15.9 Å². The maximum atomic E-state index is 12.9. The van der Waals surface area contributed by atoms with Crippen molar-refractivity contribution in [2.45, 2.75) is 11.8 Å². The topological polar surface area (TPSA) is 76.2 Å². The van der Waals surface area contributed by atoms with Crippen LogP contribution in [0.2, 0.25) is 0 Å². The van der Waals surface area contributed by atoms with E-state index in [1.165, 1.54) is 11.4 Å². The van der Waals surface area contributed by atoms with Gasteiger partial charge >= 0.3 is 5.97 Å². The molecule has 134 valence electrons. The number of hydrogen-bond donors (Lipinski definition) is 0. The molecule has 0 aromatic heterocycles. The molecule has 1 heterocycles. The van der Waals surface area contributed by atoms with Crippen LogP contribution in [0.4, 0.5) is 0 Å². The summed E-state index contributed by atoms with van der Waals surface area (Å²) in [5.41, 5.74) is 0. The summed E-state index contributed by atoms with van der Waals surface area (Å²) in [7, 11) is -2.21. The quantitative estimate of drug-likeness (QED) is 0.646. The largest absolute Gasteiger partial charge is 0.495 e. The highest BCUT2D eigenvalue weighted by Crippen LogP contribution is 2.30. The average Bonchev–Trinajstić information content (AvgIpc) is 2.55. The van der Waals surface area contributed by atoms with Crippen molar-refractivity contribution in [1.29, 1.82) is 0 Å². The molecule has 1 aromatic carbocycles. The van der Waals surface area contributed by atoms with Crippen molar-refractivity contribution in [2.75, 3.05) is 46.4 Å². The van der Waals surface area contributed by atoms with Gasteiger partial charge in [-0.3, -0.25) is 9.69 Å². The van der Waals surface area contributed by atoms with Crippen molar-refractivity contribution in [2.24, 2.45) is 0 Å². The molecule has 24 heavy (non-hydrogen) atoms. The van der Waals surface area contributed by atoms with Gasteiger partial charge in [0.2, 0.25) is 10.0 Å². The summed E-state index contributed by atoms with van der Waals surface area (Å²) in [6.45, 7) is 3.88. The van der Waals surface area contributed by atoms with Gasteiger partial charge in [0.25, 0.3) is 0 Å². The van der Waals surface area contributed by atoms with Crippen LogP contribution in [-0.4, -0.2) is 70.0 Å². The lowest BCUT2D eigenvalue weighted by molar-refractivity contribution is -0.144. The third-order valence-corrected chi connectivity index (χ3v) is 6.15. The number of esters is 1. The molecule has 0 amide bonds. The first-order valence-corrected chi connectivity index (χ1v) is 9.83. The maximum absolute atomic E-state index is 12.9. The molecule has 0 radical (unpaired) electrons. The van der Waals surface area contributed by atoms with E-state index in [1.54, 1.807) is 25.1 Å². The number of carbonyl (C=O) groups excluding carboxylic acids is 1. The lowest BCUT2D eigenvalue weighted by atomic mass is 10.3. The highest BCUT2D eigenvalue weighted by Gasteiger charge is 2.31. The molecule has 0 N–H and O–H groups in total. The molecule has 7 nitrogen and oxygen atoms in total. The molecule has 0 saturated carbocycles. The van der Waals surface area contributed by atoms with Crippen molar-refractivity contribution in [3.8, 4) is 5.75 Å². The fourth-order valence-electron chi connectivity index (χ4n) is 2.51. The number of benzene rings is 1. The van der Waals surface area contributed by atoms with E-state index >= 15 is 0 Å². The molecule has 9 heteroatoms. The van der Waals surface area contributed by atoms with Gasteiger partial charge in [0.15, 0.2) is 0 Å². The Balaban J connectivity index is 2.08. The fraction of sp³-hybridized carbons (Fsp3) is 0.533. The summed E-state index contributed by atoms with van der Waals surface area (Å²) < 4.78 is 37.9. The van der Waals surface area contributed by atoms with E-state index < -0.39 is 10.0 Å². The first-order chi connectivity index (χ1) is 11.4. The molecule has 1 aromatic rings. The number of carbonyl (C=O) groups is 1. The van der Waals surface area contributed by atoms with Gasteiger partial charge in [-0.25, -0.2) is 8.42 Å². The van der Waals surface area contributed by atoms with Gasteiger partial charge in [-0.2, -0.15) is 4.31 Å². The maximum Gasteiger partial charge on any atom is 0.320 e. The second-order valence-corrected chi connectivity index (χ2v) is 8.10. The number of nitrogens with zero attached hydrogens (tertiary/aromatic N) is 2. The minimum atomic E-state index is -3.65. The zero-order valence-electron chi connectivity index (χ0n) is 13.7. The Labute approximate surface area is 150 Å². The number of rotatable bonds is 6. The minimum Gasteiger partial charge on any atom is -0.495 e. The van der Waals surface area contributed by atoms with Gasteiger partial charge < -0.3 is 9.47 Å². The lowest BCUT2D eigenvalue weighted by Gasteiger charge is -2.33. The van der Waals surface area contributed by atoms with Crippen LogP contribution < -0.4 is 4.74 Å². The Morgan fingerprint density at radius 2 is 1.92 bits per heavy atom. The van der Waals surface area contributed by atoms with E-state index in [0.717, 1.165) is 0 Å². The third-order valence-electron chi connectivity index (χ3n) is 3.73. The highest BCUT2D eigenvalue weighted by molar-refractivity contribution is 9.10. The number of hydrogen-bond acceptors (Lipinski definition) is 6. The Bertz CT molecular complexity index is 687. The fourth-order valence-corrected chi connectivity index (χ4v) is 4.62. The van der Waals surface area contributed by atoms with Crippen LogP contribution in [-0.2, 0) is 19.6 Å². The Kier molecular flexibility index (Phi) is 6.62. The second kappa shape index (κ2) is 8.28. The number of piperazine rings is 1. The first kappa shape index (κ1) is 19.2. The average molecular weight is 421 g/mol. The third kappa shape index (κ3) is 4.47. The van der Waals surface area contributed by atoms with Gasteiger partial charge in [0, 0.05) is 30.7 Å². The number of halogens is 1. The molecule has 1 aliphatic heterocycles. The summed E-state index contributed by atoms with van der Waals surface area (Å²) in [6, 6.07) is 4.89. The zero-order valence-corrected chi connectivity index (χ0v) is 16.1. The predicted molar refractivity (Wildman–Crippen MR) is 92.5 cm³/mol. The number of ether oxygens (including phenoxy) is 2. The zero-order chi connectivity index (χ0) is 17.7. The monoisotopic (exact) mass is 420 g/mol. The van der Waals surface area contributed by atoms with Crippen LogP contribution in [0.3, 0.4) is 0 Å².